The van der Waals surface area contributed by atoms with E-state index in [1.807, 2.05) is 24.3 Å². The number of anilines is 1. The Morgan fingerprint density at radius 2 is 1.75 bits per heavy atom. The summed E-state index contributed by atoms with van der Waals surface area (Å²) in [6.45, 7) is 0.817. The highest BCUT2D eigenvalue weighted by molar-refractivity contribution is 5.48. The molecule has 6 nitrogen and oxygen atoms in total. The van der Waals surface area contributed by atoms with Gasteiger partial charge in [0.25, 0.3) is 0 Å². The van der Waals surface area contributed by atoms with E-state index < -0.39 is 0 Å². The minimum atomic E-state index is 0.395. The second kappa shape index (κ2) is 7.20. The Balaban J connectivity index is 1.78. The first-order chi connectivity index (χ1) is 9.83. The highest BCUT2D eigenvalue weighted by Crippen LogP contribution is 2.20. The molecule has 1 aromatic heterocycles. The number of pyridine rings is 1. The summed E-state index contributed by atoms with van der Waals surface area (Å²) in [5.41, 5.74) is 2.48. The van der Waals surface area contributed by atoms with Gasteiger partial charge in [-0.2, -0.15) is 0 Å². The van der Waals surface area contributed by atoms with Gasteiger partial charge in [0.05, 0.1) is 7.11 Å². The van der Waals surface area contributed by atoms with Crippen molar-refractivity contribution in [2.45, 2.75) is 0 Å². The molecule has 0 saturated heterocycles. The normalized spacial score (nSPS) is 9.90. The van der Waals surface area contributed by atoms with Gasteiger partial charge >= 0.3 is 0 Å². The quantitative estimate of drug-likeness (QED) is 0.456. The summed E-state index contributed by atoms with van der Waals surface area (Å²) in [5, 5.41) is 0. The summed E-state index contributed by atoms with van der Waals surface area (Å²) in [6, 6.07) is 10.9. The number of nitrogens with two attached hydrogens (primary N) is 1. The Morgan fingerprint density at radius 1 is 1.05 bits per heavy atom. The predicted molar refractivity (Wildman–Crippen MR) is 76.0 cm³/mol. The molecule has 1 heterocycles. The minimum Gasteiger partial charge on any atom is -0.497 e. The Labute approximate surface area is 117 Å². The van der Waals surface area contributed by atoms with Gasteiger partial charge in [-0.25, -0.2) is 10.8 Å². The minimum absolute atomic E-state index is 0.395. The number of ether oxygens (including phenoxy) is 3. The Bertz CT molecular complexity index is 531. The second-order valence-corrected chi connectivity index (χ2v) is 3.87. The van der Waals surface area contributed by atoms with Gasteiger partial charge in [-0.1, -0.05) is 0 Å². The van der Waals surface area contributed by atoms with Gasteiger partial charge in [-0.15, -0.1) is 0 Å². The van der Waals surface area contributed by atoms with Crippen molar-refractivity contribution in [3.63, 3.8) is 0 Å². The van der Waals surface area contributed by atoms with Gasteiger partial charge in [0, 0.05) is 6.20 Å². The molecule has 6 heteroatoms. The van der Waals surface area contributed by atoms with E-state index in [1.165, 1.54) is 0 Å². The molecule has 0 radical (unpaired) electrons. The molecule has 0 aliphatic carbocycles. The topological polar surface area (TPSA) is 78.6 Å². The molecule has 106 valence electrons. The summed E-state index contributed by atoms with van der Waals surface area (Å²) >= 11 is 0. The molecular weight excluding hydrogens is 258 g/mol. The zero-order valence-corrected chi connectivity index (χ0v) is 11.2. The molecule has 0 aliphatic rings. The van der Waals surface area contributed by atoms with E-state index in [2.05, 4.69) is 10.4 Å². The van der Waals surface area contributed by atoms with Crippen LogP contribution >= 0.6 is 0 Å². The molecular formula is C14H17N3O3. The number of rotatable bonds is 7. The number of nitrogen functional groups attached to an aromatic ring is 1. The Kier molecular flexibility index (Phi) is 5.02. The molecule has 0 saturated carbocycles. The summed E-state index contributed by atoms with van der Waals surface area (Å²) in [4.78, 5) is 4.04. The fourth-order valence-corrected chi connectivity index (χ4v) is 1.60. The van der Waals surface area contributed by atoms with Crippen LogP contribution in [0.4, 0.5) is 5.82 Å². The highest BCUT2D eigenvalue weighted by atomic mass is 16.5. The molecule has 0 bridgehead atoms. The Hall–Kier alpha value is -2.47. The number of hydrogen-bond donors (Lipinski definition) is 2. The van der Waals surface area contributed by atoms with Crippen LogP contribution in [0.5, 0.6) is 17.2 Å². The van der Waals surface area contributed by atoms with Crippen molar-refractivity contribution in [1.82, 2.24) is 4.98 Å². The molecule has 2 rings (SSSR count). The number of benzene rings is 1. The van der Waals surface area contributed by atoms with E-state index in [-0.39, 0.29) is 0 Å². The maximum Gasteiger partial charge on any atom is 0.182 e. The number of hydrogen-bond acceptors (Lipinski definition) is 6. The highest BCUT2D eigenvalue weighted by Gasteiger charge is 2.02. The first-order valence-corrected chi connectivity index (χ1v) is 6.15. The van der Waals surface area contributed by atoms with Crippen molar-refractivity contribution >= 4 is 5.82 Å². The summed E-state index contributed by atoms with van der Waals surface area (Å²) in [7, 11) is 1.63. The van der Waals surface area contributed by atoms with Crippen LogP contribution in [0.2, 0.25) is 0 Å². The fraction of sp³-hybridized carbons (Fsp3) is 0.214. The first kappa shape index (κ1) is 14.0. The second-order valence-electron chi connectivity index (χ2n) is 3.87. The van der Waals surface area contributed by atoms with E-state index in [1.54, 1.807) is 25.4 Å². The van der Waals surface area contributed by atoms with Crippen molar-refractivity contribution in [3.05, 3.63) is 42.6 Å². The van der Waals surface area contributed by atoms with Crippen LogP contribution in [0.1, 0.15) is 0 Å². The first-order valence-electron chi connectivity index (χ1n) is 6.15. The lowest BCUT2D eigenvalue weighted by Gasteiger charge is -2.10. The third-order valence-corrected chi connectivity index (χ3v) is 2.58. The number of nitrogens with zero attached hydrogens (tertiary/aromatic N) is 1. The average Bonchev–Trinajstić information content (AvgIpc) is 2.52. The molecule has 0 aliphatic heterocycles. The van der Waals surface area contributed by atoms with E-state index in [4.69, 9.17) is 20.1 Å². The van der Waals surface area contributed by atoms with Crippen molar-refractivity contribution in [2.24, 2.45) is 5.84 Å². The molecule has 0 unspecified atom stereocenters. The smallest absolute Gasteiger partial charge is 0.182 e. The van der Waals surface area contributed by atoms with Gasteiger partial charge in [0.2, 0.25) is 0 Å². The van der Waals surface area contributed by atoms with Gasteiger partial charge in [0.15, 0.2) is 11.6 Å². The molecule has 2 aromatic rings. The van der Waals surface area contributed by atoms with E-state index in [9.17, 15) is 0 Å². The van der Waals surface area contributed by atoms with Crippen LogP contribution in [-0.4, -0.2) is 25.3 Å². The van der Waals surface area contributed by atoms with Gasteiger partial charge in [-0.05, 0) is 36.4 Å². The van der Waals surface area contributed by atoms with Crippen molar-refractivity contribution in [1.29, 1.82) is 0 Å². The number of methoxy groups -OCH3 is 1. The van der Waals surface area contributed by atoms with Crippen LogP contribution in [0.15, 0.2) is 42.6 Å². The van der Waals surface area contributed by atoms with Crippen molar-refractivity contribution in [3.8, 4) is 17.2 Å². The van der Waals surface area contributed by atoms with E-state index in [0.717, 1.165) is 11.5 Å². The maximum absolute atomic E-state index is 5.55. The third kappa shape index (κ3) is 3.76. The third-order valence-electron chi connectivity index (χ3n) is 2.58. The molecule has 0 fully saturated rings. The Morgan fingerprint density at radius 3 is 2.45 bits per heavy atom. The van der Waals surface area contributed by atoms with Crippen LogP contribution in [-0.2, 0) is 0 Å². The molecule has 0 amide bonds. The summed E-state index contributed by atoms with van der Waals surface area (Å²) in [6.07, 6.45) is 1.63. The lowest BCUT2D eigenvalue weighted by molar-refractivity contribution is 0.217. The lowest BCUT2D eigenvalue weighted by atomic mass is 10.3. The zero-order chi connectivity index (χ0) is 14.2. The standard InChI is InChI=1S/C14H17N3O3/c1-18-11-4-6-12(7-5-11)19-9-10-20-13-3-2-8-16-14(13)17-15/h2-8H,9-10,15H2,1H3,(H,16,17). The van der Waals surface area contributed by atoms with Crippen LogP contribution in [0, 0.1) is 0 Å². The van der Waals surface area contributed by atoms with Crippen LogP contribution < -0.4 is 25.5 Å². The monoisotopic (exact) mass is 275 g/mol. The predicted octanol–water partition coefficient (Wildman–Crippen LogP) is 1.83. The largest absolute Gasteiger partial charge is 0.497 e. The van der Waals surface area contributed by atoms with Crippen LogP contribution in [0.25, 0.3) is 0 Å². The number of nitrogens with one attached hydrogen (secondary N) is 1. The van der Waals surface area contributed by atoms with Crippen LogP contribution in [0.3, 0.4) is 0 Å². The van der Waals surface area contributed by atoms with Crippen molar-refractivity contribution in [2.75, 3.05) is 25.7 Å². The zero-order valence-electron chi connectivity index (χ0n) is 11.2. The molecule has 3 N–H and O–H groups in total. The fourth-order valence-electron chi connectivity index (χ4n) is 1.60. The molecule has 0 atom stereocenters. The molecule has 20 heavy (non-hydrogen) atoms. The van der Waals surface area contributed by atoms with Crippen molar-refractivity contribution < 1.29 is 14.2 Å². The SMILES string of the molecule is COc1ccc(OCCOc2cccnc2NN)cc1. The summed E-state index contributed by atoms with van der Waals surface area (Å²) < 4.78 is 16.2. The van der Waals surface area contributed by atoms with E-state index in [0.29, 0.717) is 24.8 Å². The van der Waals surface area contributed by atoms with Gasteiger partial charge in [0.1, 0.15) is 24.7 Å². The number of hydrazine groups is 1. The molecule has 1 aromatic carbocycles. The lowest BCUT2D eigenvalue weighted by Crippen LogP contribution is -2.13. The van der Waals surface area contributed by atoms with Gasteiger partial charge in [-0.3, -0.25) is 0 Å². The average molecular weight is 275 g/mol. The summed E-state index contributed by atoms with van der Waals surface area (Å²) in [5.74, 6) is 7.98. The molecule has 0 spiro atoms. The maximum atomic E-state index is 5.55. The number of aromatic nitrogens is 1. The van der Waals surface area contributed by atoms with E-state index >= 15 is 0 Å². The van der Waals surface area contributed by atoms with Gasteiger partial charge < -0.3 is 19.6 Å².